The average molecular weight is 799 g/mol. The lowest BCUT2D eigenvalue weighted by Crippen LogP contribution is -1.99. The van der Waals surface area contributed by atoms with E-state index in [2.05, 4.69) is 213 Å². The fourth-order valence-corrected chi connectivity index (χ4v) is 8.16. The highest BCUT2D eigenvalue weighted by Crippen LogP contribution is 2.39. The monoisotopic (exact) mass is 797 g/mol. The van der Waals surface area contributed by atoms with Crippen molar-refractivity contribution in [2.75, 3.05) is 5.32 Å². The third-order valence-corrected chi connectivity index (χ3v) is 11.1. The van der Waals surface area contributed by atoms with Crippen LogP contribution >= 0.6 is 15.9 Å². The lowest BCUT2D eigenvalue weighted by Gasteiger charge is -2.09. The second-order valence-corrected chi connectivity index (χ2v) is 15.0. The van der Waals surface area contributed by atoms with Crippen LogP contribution in [0.2, 0.25) is 0 Å². The minimum atomic E-state index is 0.586. The highest BCUT2D eigenvalue weighted by molar-refractivity contribution is 9.10. The topological polar surface area (TPSA) is 69.4 Å². The summed E-state index contributed by atoms with van der Waals surface area (Å²) >= 11 is 3.59. The number of anilines is 1. The quantitative estimate of drug-likeness (QED) is 0.150. The lowest BCUT2D eigenvalue weighted by molar-refractivity contribution is 1.17. The minimum absolute atomic E-state index is 0.586. The number of H-pyrrole nitrogens is 2. The molecule has 0 unspecified atom stereocenters. The van der Waals surface area contributed by atoms with Crippen LogP contribution in [0.1, 0.15) is 28.3 Å². The molecule has 5 heterocycles. The zero-order valence-electron chi connectivity index (χ0n) is 30.9. The molecule has 6 heteroatoms. The molecule has 10 rings (SSSR count). The van der Waals surface area contributed by atoms with Crippen LogP contribution in [0.5, 0.6) is 0 Å². The Kier molecular flexibility index (Phi) is 9.01. The molecule has 0 radical (unpaired) electrons. The maximum absolute atomic E-state index is 5.48. The lowest BCUT2D eigenvalue weighted by atomic mass is 10.0. The van der Waals surface area contributed by atoms with Gasteiger partial charge < -0.3 is 15.3 Å². The van der Waals surface area contributed by atoms with E-state index in [9.17, 15) is 0 Å². The summed E-state index contributed by atoms with van der Waals surface area (Å²) in [5, 5.41) is 3.71. The number of aromatic amines is 2. The van der Waals surface area contributed by atoms with E-state index in [0.717, 1.165) is 105 Å². The Hall–Kier alpha value is -7.02. The molecule has 2 aliphatic heterocycles. The third kappa shape index (κ3) is 6.70. The summed E-state index contributed by atoms with van der Waals surface area (Å²) in [4.78, 5) is 18.7. The summed E-state index contributed by atoms with van der Waals surface area (Å²) in [7, 11) is 0. The number of rotatable bonds is 7. The van der Waals surface area contributed by atoms with Gasteiger partial charge in [-0.1, -0.05) is 137 Å². The van der Waals surface area contributed by atoms with E-state index in [-0.39, 0.29) is 0 Å². The molecular weight excluding hydrogens is 762 g/mol. The van der Waals surface area contributed by atoms with Crippen LogP contribution in [0.25, 0.3) is 90.9 Å². The van der Waals surface area contributed by atoms with Crippen LogP contribution in [0, 0.1) is 0 Å². The van der Waals surface area contributed by atoms with Gasteiger partial charge in [0.15, 0.2) is 0 Å². The number of nitrogens with one attached hydrogen (secondary N) is 3. The molecule has 0 fully saturated rings. The number of hydrogen-bond donors (Lipinski definition) is 3. The summed E-state index contributed by atoms with van der Waals surface area (Å²) in [5.74, 6) is 0. The van der Waals surface area contributed by atoms with Crippen LogP contribution in [-0.4, -0.2) is 19.9 Å². The van der Waals surface area contributed by atoms with Crippen LogP contribution in [-0.2, 0) is 6.54 Å². The van der Waals surface area contributed by atoms with E-state index in [0.29, 0.717) is 6.54 Å². The maximum atomic E-state index is 5.48. The molecule has 3 aromatic heterocycles. The Morgan fingerprint density at radius 2 is 0.860 bits per heavy atom. The SMILES string of the molecule is Brc1ccc(NCc2cc3[nH]c2c(-c2ccccc2)c2nc(c(-c4ccccc4)c4nc(c(-c5ccccc5)c5ccc([nH]5)c3-c3ccccc3)C=C4)C=C2)cc1. The van der Waals surface area contributed by atoms with Crippen molar-refractivity contribution < 1.29 is 0 Å². The normalized spacial score (nSPS) is 11.9. The summed E-state index contributed by atoms with van der Waals surface area (Å²) in [6.45, 7) is 0.586. The Labute approximate surface area is 339 Å². The van der Waals surface area contributed by atoms with Crippen molar-refractivity contribution in [3.63, 3.8) is 0 Å². The van der Waals surface area contributed by atoms with E-state index in [1.165, 1.54) is 0 Å². The van der Waals surface area contributed by atoms with E-state index in [1.54, 1.807) is 0 Å². The van der Waals surface area contributed by atoms with Crippen LogP contribution in [0.4, 0.5) is 5.69 Å². The van der Waals surface area contributed by atoms with Crippen molar-refractivity contribution in [3.05, 3.63) is 197 Å². The number of fused-ring (bicyclic) bond motifs is 8. The molecule has 0 spiro atoms. The van der Waals surface area contributed by atoms with Crippen LogP contribution in [0.15, 0.2) is 168 Å². The fourth-order valence-electron chi connectivity index (χ4n) is 7.89. The molecule has 5 nitrogen and oxygen atoms in total. The molecular formula is C51H36BrN5. The number of halogens is 1. The Bertz CT molecular complexity index is 2980. The molecule has 57 heavy (non-hydrogen) atoms. The van der Waals surface area contributed by atoms with E-state index < -0.39 is 0 Å². The molecule has 0 saturated carbocycles. The molecule has 0 amide bonds. The van der Waals surface area contributed by atoms with Gasteiger partial charge in [0.25, 0.3) is 0 Å². The van der Waals surface area contributed by atoms with Gasteiger partial charge in [-0.05, 0) is 94.6 Å². The number of hydrogen-bond acceptors (Lipinski definition) is 3. The largest absolute Gasteiger partial charge is 0.381 e. The molecule has 8 bridgehead atoms. The van der Waals surface area contributed by atoms with Gasteiger partial charge in [0.1, 0.15) is 0 Å². The first-order valence-corrected chi connectivity index (χ1v) is 19.9. The Morgan fingerprint density at radius 3 is 1.40 bits per heavy atom. The first-order chi connectivity index (χ1) is 28.2. The second-order valence-electron chi connectivity index (χ2n) is 14.1. The van der Waals surface area contributed by atoms with Gasteiger partial charge in [0.2, 0.25) is 0 Å². The molecule has 0 atom stereocenters. The first-order valence-electron chi connectivity index (χ1n) is 19.1. The molecule has 3 N–H and O–H groups in total. The zero-order valence-corrected chi connectivity index (χ0v) is 32.5. The van der Waals surface area contributed by atoms with E-state index >= 15 is 0 Å². The van der Waals surface area contributed by atoms with Crippen LogP contribution in [0.3, 0.4) is 0 Å². The van der Waals surface area contributed by atoms with Gasteiger partial charge in [0, 0.05) is 55.5 Å². The van der Waals surface area contributed by atoms with Crippen molar-refractivity contribution in [3.8, 4) is 44.5 Å². The number of benzene rings is 5. The molecule has 272 valence electrons. The van der Waals surface area contributed by atoms with Crippen molar-refractivity contribution in [1.29, 1.82) is 0 Å². The highest BCUT2D eigenvalue weighted by atomic mass is 79.9. The predicted octanol–water partition coefficient (Wildman–Crippen LogP) is 13.7. The van der Waals surface area contributed by atoms with Gasteiger partial charge in [-0.25, -0.2) is 9.97 Å². The van der Waals surface area contributed by atoms with Gasteiger partial charge in [-0.15, -0.1) is 0 Å². The fraction of sp³-hybridized carbons (Fsp3) is 0.0196. The van der Waals surface area contributed by atoms with Crippen molar-refractivity contribution in [2.45, 2.75) is 6.54 Å². The van der Waals surface area contributed by atoms with Gasteiger partial charge >= 0.3 is 0 Å². The minimum Gasteiger partial charge on any atom is -0.381 e. The number of nitrogens with zero attached hydrogens (tertiary/aromatic N) is 2. The van der Waals surface area contributed by atoms with Gasteiger partial charge in [0.05, 0.1) is 28.3 Å². The summed E-state index contributed by atoms with van der Waals surface area (Å²) in [5.41, 5.74) is 18.0. The van der Waals surface area contributed by atoms with Crippen molar-refractivity contribution in [2.24, 2.45) is 0 Å². The Balaban J connectivity index is 1.38. The third-order valence-electron chi connectivity index (χ3n) is 10.5. The maximum Gasteiger partial charge on any atom is 0.0738 e. The molecule has 8 aromatic rings. The van der Waals surface area contributed by atoms with E-state index in [1.807, 2.05) is 6.07 Å². The smallest absolute Gasteiger partial charge is 0.0738 e. The average Bonchev–Trinajstić information content (AvgIpc) is 4.10. The molecule has 0 aliphatic carbocycles. The van der Waals surface area contributed by atoms with Gasteiger partial charge in [-0.3, -0.25) is 0 Å². The summed E-state index contributed by atoms with van der Waals surface area (Å²) < 4.78 is 1.04. The Morgan fingerprint density at radius 1 is 0.421 bits per heavy atom. The first kappa shape index (κ1) is 34.5. The standard InChI is InChI=1S/C51H36BrN5/c52-38-21-23-39(24-22-38)53-32-37-31-46-49(35-17-9-3-10-18-35)44-28-27-42(55-44)47(33-13-5-1-6-14-33)40-25-26-41(54-40)48(34-15-7-2-8-16-34)43-29-30-45(56-43)50(51(37)57-46)36-19-11-4-12-20-36/h1-31,53,55,57H,32H2. The van der Waals surface area contributed by atoms with Gasteiger partial charge in [-0.2, -0.15) is 0 Å². The summed E-state index contributed by atoms with van der Waals surface area (Å²) in [6.07, 6.45) is 8.54. The predicted molar refractivity (Wildman–Crippen MR) is 242 cm³/mol. The van der Waals surface area contributed by atoms with Crippen LogP contribution < -0.4 is 5.32 Å². The second kappa shape index (κ2) is 14.9. The van der Waals surface area contributed by atoms with Crippen molar-refractivity contribution in [1.82, 2.24) is 19.9 Å². The summed E-state index contributed by atoms with van der Waals surface area (Å²) in [6, 6.07) is 57.2. The van der Waals surface area contributed by atoms with Crippen molar-refractivity contribution >= 4 is 68.0 Å². The number of aromatic nitrogens is 4. The molecule has 0 saturated heterocycles. The zero-order chi connectivity index (χ0) is 38.1. The molecule has 5 aromatic carbocycles. The van der Waals surface area contributed by atoms with E-state index in [4.69, 9.17) is 9.97 Å². The highest BCUT2D eigenvalue weighted by Gasteiger charge is 2.20. The molecule has 2 aliphatic rings.